The molecule has 0 saturated heterocycles. The zero-order chi connectivity index (χ0) is 18.0. The van der Waals surface area contributed by atoms with Gasteiger partial charge >= 0.3 is 11.9 Å². The molecule has 0 bridgehead atoms. The summed E-state index contributed by atoms with van der Waals surface area (Å²) in [5, 5.41) is 1.11. The van der Waals surface area contributed by atoms with Gasteiger partial charge in [-0.15, -0.1) is 0 Å². The third-order valence-corrected chi connectivity index (χ3v) is 4.15. The highest BCUT2D eigenvalue weighted by Gasteiger charge is 2.28. The second-order valence-corrected chi connectivity index (χ2v) is 5.83. The Morgan fingerprint density at radius 3 is 2.76 bits per heavy atom. The number of aromatic amines is 1. The average molecular weight is 359 g/mol. The van der Waals surface area contributed by atoms with E-state index in [1.165, 1.54) is 13.3 Å². The van der Waals surface area contributed by atoms with Crippen LogP contribution >= 0.6 is 11.6 Å². The SMILES string of the molecule is COC(=O)C(OC(=O)c1cnc2[nH]cc(C)c2c1)c1ccccc1Cl. The molecule has 2 aromatic heterocycles. The van der Waals surface area contributed by atoms with Crippen LogP contribution in [0.5, 0.6) is 0 Å². The molecule has 7 heteroatoms. The summed E-state index contributed by atoms with van der Waals surface area (Å²) in [4.78, 5) is 31.8. The highest BCUT2D eigenvalue weighted by Crippen LogP contribution is 2.28. The quantitative estimate of drug-likeness (QED) is 0.721. The summed E-state index contributed by atoms with van der Waals surface area (Å²) in [5.74, 6) is -1.40. The van der Waals surface area contributed by atoms with Crippen LogP contribution in [0, 0.1) is 6.92 Å². The fourth-order valence-corrected chi connectivity index (χ4v) is 2.69. The van der Waals surface area contributed by atoms with Crippen LogP contribution in [-0.4, -0.2) is 29.0 Å². The molecule has 0 aliphatic rings. The summed E-state index contributed by atoms with van der Waals surface area (Å²) in [6.45, 7) is 1.90. The predicted octanol–water partition coefficient (Wildman–Crippen LogP) is 3.60. The minimum atomic E-state index is -1.26. The first-order chi connectivity index (χ1) is 12.0. The zero-order valence-corrected chi connectivity index (χ0v) is 14.3. The molecule has 0 radical (unpaired) electrons. The molecule has 25 heavy (non-hydrogen) atoms. The molecule has 0 fully saturated rings. The first-order valence-electron chi connectivity index (χ1n) is 7.48. The third kappa shape index (κ3) is 3.34. The number of carbonyl (C=O) groups excluding carboxylic acids is 2. The molecule has 0 amide bonds. The Bertz CT molecular complexity index is 951. The number of halogens is 1. The van der Waals surface area contributed by atoms with Crippen molar-refractivity contribution < 1.29 is 19.1 Å². The number of rotatable bonds is 4. The van der Waals surface area contributed by atoms with E-state index in [0.29, 0.717) is 16.2 Å². The third-order valence-electron chi connectivity index (χ3n) is 3.80. The Kier molecular flexibility index (Phi) is 4.72. The first kappa shape index (κ1) is 17.0. The number of carbonyl (C=O) groups is 2. The van der Waals surface area contributed by atoms with Crippen molar-refractivity contribution in [3.05, 3.63) is 64.4 Å². The van der Waals surface area contributed by atoms with E-state index in [1.807, 2.05) is 6.92 Å². The van der Waals surface area contributed by atoms with Crippen molar-refractivity contribution >= 4 is 34.6 Å². The van der Waals surface area contributed by atoms with Crippen LogP contribution in [-0.2, 0) is 14.3 Å². The van der Waals surface area contributed by atoms with E-state index in [2.05, 4.69) is 9.97 Å². The molecule has 2 heterocycles. The lowest BCUT2D eigenvalue weighted by molar-refractivity contribution is -0.151. The van der Waals surface area contributed by atoms with Crippen molar-refractivity contribution in [2.75, 3.05) is 7.11 Å². The molecule has 0 aliphatic carbocycles. The van der Waals surface area contributed by atoms with Crippen LogP contribution in [0.2, 0.25) is 5.02 Å². The van der Waals surface area contributed by atoms with Gasteiger partial charge in [-0.25, -0.2) is 14.6 Å². The van der Waals surface area contributed by atoms with E-state index >= 15 is 0 Å². The van der Waals surface area contributed by atoms with Crippen molar-refractivity contribution in [3.8, 4) is 0 Å². The number of pyridine rings is 1. The molecule has 1 N–H and O–H groups in total. The smallest absolute Gasteiger partial charge is 0.352 e. The van der Waals surface area contributed by atoms with Gasteiger partial charge in [0.05, 0.1) is 12.7 Å². The molecule has 3 rings (SSSR count). The van der Waals surface area contributed by atoms with Crippen molar-refractivity contribution in [1.82, 2.24) is 9.97 Å². The topological polar surface area (TPSA) is 81.3 Å². The molecule has 6 nitrogen and oxygen atoms in total. The Morgan fingerprint density at radius 2 is 2.04 bits per heavy atom. The number of benzene rings is 1. The standard InChI is InChI=1S/C18H15ClN2O4/c1-10-8-20-16-13(10)7-11(9-21-16)17(22)25-15(18(23)24-2)12-5-3-4-6-14(12)19/h3-9,15H,1-2H3,(H,20,21). The number of hydrogen-bond donors (Lipinski definition) is 1. The van der Waals surface area contributed by atoms with Gasteiger partial charge in [-0.05, 0) is 24.6 Å². The number of aryl methyl sites for hydroxylation is 1. The number of aromatic nitrogens is 2. The molecular formula is C18H15ClN2O4. The van der Waals surface area contributed by atoms with Crippen molar-refractivity contribution in [2.24, 2.45) is 0 Å². The second-order valence-electron chi connectivity index (χ2n) is 5.42. The number of hydrogen-bond acceptors (Lipinski definition) is 5. The molecule has 0 aliphatic heterocycles. The number of esters is 2. The van der Waals surface area contributed by atoms with Gasteiger partial charge in [0, 0.05) is 28.4 Å². The van der Waals surface area contributed by atoms with Crippen LogP contribution in [0.15, 0.2) is 42.7 Å². The van der Waals surface area contributed by atoms with Crippen molar-refractivity contribution in [2.45, 2.75) is 13.0 Å². The van der Waals surface area contributed by atoms with E-state index in [4.69, 9.17) is 21.1 Å². The zero-order valence-electron chi connectivity index (χ0n) is 13.6. The summed E-state index contributed by atoms with van der Waals surface area (Å²) >= 11 is 6.12. The Morgan fingerprint density at radius 1 is 1.28 bits per heavy atom. The molecular weight excluding hydrogens is 344 g/mol. The van der Waals surface area contributed by atoms with Gasteiger partial charge in [-0.2, -0.15) is 0 Å². The van der Waals surface area contributed by atoms with Gasteiger partial charge in [-0.1, -0.05) is 29.8 Å². The number of nitrogens with zero attached hydrogens (tertiary/aromatic N) is 1. The van der Waals surface area contributed by atoms with Gasteiger partial charge < -0.3 is 14.5 Å². The first-order valence-corrected chi connectivity index (χ1v) is 7.86. The number of methoxy groups -OCH3 is 1. The Hall–Kier alpha value is -2.86. The normalized spacial score (nSPS) is 12.0. The van der Waals surface area contributed by atoms with Gasteiger partial charge in [0.1, 0.15) is 5.65 Å². The summed E-state index contributed by atoms with van der Waals surface area (Å²) in [7, 11) is 1.22. The molecule has 1 unspecified atom stereocenters. The van der Waals surface area contributed by atoms with Crippen LogP contribution in [0.3, 0.4) is 0 Å². The van der Waals surface area contributed by atoms with Gasteiger partial charge in [-0.3, -0.25) is 0 Å². The van der Waals surface area contributed by atoms with Gasteiger partial charge in [0.2, 0.25) is 6.10 Å². The predicted molar refractivity (Wildman–Crippen MR) is 92.5 cm³/mol. The molecule has 0 spiro atoms. The number of nitrogens with one attached hydrogen (secondary N) is 1. The molecule has 128 valence electrons. The van der Waals surface area contributed by atoms with E-state index in [0.717, 1.165) is 10.9 Å². The van der Waals surface area contributed by atoms with Gasteiger partial charge in [0.15, 0.2) is 0 Å². The fourth-order valence-electron chi connectivity index (χ4n) is 2.45. The monoisotopic (exact) mass is 358 g/mol. The second kappa shape index (κ2) is 6.94. The lowest BCUT2D eigenvalue weighted by atomic mass is 10.1. The minimum absolute atomic E-state index is 0.233. The van der Waals surface area contributed by atoms with Crippen LogP contribution in [0.1, 0.15) is 27.6 Å². The van der Waals surface area contributed by atoms with Crippen LogP contribution in [0.25, 0.3) is 11.0 Å². The maximum Gasteiger partial charge on any atom is 0.352 e. The molecule has 0 saturated carbocycles. The molecule has 3 aromatic rings. The van der Waals surface area contributed by atoms with E-state index in [1.54, 1.807) is 36.5 Å². The number of ether oxygens (including phenoxy) is 2. The van der Waals surface area contributed by atoms with E-state index < -0.39 is 18.0 Å². The summed E-state index contributed by atoms with van der Waals surface area (Å²) in [6, 6.07) is 8.29. The average Bonchev–Trinajstić information content (AvgIpc) is 3.00. The number of H-pyrrole nitrogens is 1. The Balaban J connectivity index is 1.92. The van der Waals surface area contributed by atoms with Crippen LogP contribution in [0.4, 0.5) is 0 Å². The molecule has 1 aromatic carbocycles. The summed E-state index contributed by atoms with van der Waals surface area (Å²) in [5.41, 5.74) is 2.21. The van der Waals surface area contributed by atoms with Crippen molar-refractivity contribution in [3.63, 3.8) is 0 Å². The fraction of sp³-hybridized carbons (Fsp3) is 0.167. The van der Waals surface area contributed by atoms with E-state index in [9.17, 15) is 9.59 Å². The lowest BCUT2D eigenvalue weighted by Crippen LogP contribution is -2.21. The largest absolute Gasteiger partial charge is 0.466 e. The number of fused-ring (bicyclic) bond motifs is 1. The molecule has 1 atom stereocenters. The summed E-state index contributed by atoms with van der Waals surface area (Å²) < 4.78 is 10.1. The lowest BCUT2D eigenvalue weighted by Gasteiger charge is -2.17. The Labute approximate surface area is 148 Å². The minimum Gasteiger partial charge on any atom is -0.466 e. The van der Waals surface area contributed by atoms with Crippen LogP contribution < -0.4 is 0 Å². The maximum absolute atomic E-state index is 12.5. The highest BCUT2D eigenvalue weighted by atomic mass is 35.5. The van der Waals surface area contributed by atoms with E-state index in [-0.39, 0.29) is 5.56 Å². The highest BCUT2D eigenvalue weighted by molar-refractivity contribution is 6.31. The van der Waals surface area contributed by atoms with Gasteiger partial charge in [0.25, 0.3) is 0 Å². The summed E-state index contributed by atoms with van der Waals surface area (Å²) in [6.07, 6.45) is 1.93. The maximum atomic E-state index is 12.5. The van der Waals surface area contributed by atoms with Crippen molar-refractivity contribution in [1.29, 1.82) is 0 Å².